The predicted molar refractivity (Wildman–Crippen MR) is 76.3 cm³/mol. The number of aromatic nitrogens is 2. The number of aliphatic carboxylic acids is 1. The van der Waals surface area contributed by atoms with Crippen LogP contribution < -0.4 is 5.32 Å². The summed E-state index contributed by atoms with van der Waals surface area (Å²) in [7, 11) is 0. The highest BCUT2D eigenvalue weighted by Crippen LogP contribution is 2.41. The van der Waals surface area contributed by atoms with Gasteiger partial charge >= 0.3 is 5.97 Å². The Morgan fingerprint density at radius 2 is 2.44 bits per heavy atom. The summed E-state index contributed by atoms with van der Waals surface area (Å²) in [5, 5.41) is 17.1. The Labute approximate surface area is 120 Å². The van der Waals surface area contributed by atoms with Crippen LogP contribution in [0.4, 0.5) is 0 Å². The van der Waals surface area contributed by atoms with Crippen molar-refractivity contribution in [3.63, 3.8) is 0 Å². The van der Waals surface area contributed by atoms with Gasteiger partial charge in [-0.3, -0.25) is 9.48 Å². The minimum atomic E-state index is -0.856. The molecule has 0 aromatic carbocycles. The Hall–Kier alpha value is -0.630. The average Bonchev–Trinajstić information content (AvgIpc) is 3.09. The van der Waals surface area contributed by atoms with Gasteiger partial charge in [-0.25, -0.2) is 0 Å². The van der Waals surface area contributed by atoms with Crippen molar-refractivity contribution in [1.29, 1.82) is 0 Å². The van der Waals surface area contributed by atoms with Crippen LogP contribution in [-0.2, 0) is 11.3 Å². The van der Waals surface area contributed by atoms with Crippen LogP contribution in [0.3, 0.4) is 0 Å². The maximum absolute atomic E-state index is 11.7. The zero-order valence-corrected chi connectivity index (χ0v) is 12.6. The highest BCUT2D eigenvalue weighted by molar-refractivity contribution is 14.1. The molecule has 1 aromatic rings. The average molecular weight is 363 g/mol. The van der Waals surface area contributed by atoms with Gasteiger partial charge in [-0.15, -0.1) is 0 Å². The molecule has 2 rings (SSSR count). The van der Waals surface area contributed by atoms with E-state index in [9.17, 15) is 9.90 Å². The van der Waals surface area contributed by atoms with Crippen molar-refractivity contribution in [2.24, 2.45) is 5.92 Å². The minimum Gasteiger partial charge on any atom is -0.480 e. The number of carboxylic acid groups (broad SMARTS) is 1. The van der Waals surface area contributed by atoms with Crippen LogP contribution >= 0.6 is 22.6 Å². The van der Waals surface area contributed by atoms with Gasteiger partial charge < -0.3 is 10.4 Å². The molecular weight excluding hydrogens is 345 g/mol. The maximum atomic E-state index is 11.7. The molecule has 1 heterocycles. The fraction of sp³-hybridized carbons (Fsp3) is 0.667. The molecule has 0 saturated heterocycles. The van der Waals surface area contributed by atoms with E-state index in [1.165, 1.54) is 0 Å². The third-order valence-electron chi connectivity index (χ3n) is 3.36. The van der Waals surface area contributed by atoms with Gasteiger partial charge in [-0.1, -0.05) is 6.92 Å². The molecule has 100 valence electrons. The lowest BCUT2D eigenvalue weighted by molar-refractivity contribution is -0.146. The van der Waals surface area contributed by atoms with Crippen LogP contribution in [0.2, 0.25) is 0 Å². The molecule has 0 aliphatic heterocycles. The van der Waals surface area contributed by atoms with Gasteiger partial charge in [0.05, 0.1) is 16.3 Å². The second-order valence-corrected chi connectivity index (χ2v) is 6.08. The molecule has 1 fully saturated rings. The lowest BCUT2D eigenvalue weighted by Crippen LogP contribution is -2.57. The van der Waals surface area contributed by atoms with E-state index < -0.39 is 11.5 Å². The van der Waals surface area contributed by atoms with Crippen molar-refractivity contribution < 1.29 is 9.90 Å². The molecule has 6 heteroatoms. The molecule has 0 bridgehead atoms. The SMILES string of the molecule is CCCNC(Cn1cc(I)cn1)(C(=O)O)C1CC1. The normalized spacial score (nSPS) is 18.6. The van der Waals surface area contributed by atoms with E-state index in [1.54, 1.807) is 10.9 Å². The van der Waals surface area contributed by atoms with Gasteiger partial charge in [0.15, 0.2) is 0 Å². The molecule has 1 aliphatic carbocycles. The molecule has 5 nitrogen and oxygen atoms in total. The van der Waals surface area contributed by atoms with Crippen LogP contribution in [0, 0.1) is 9.49 Å². The smallest absolute Gasteiger partial charge is 0.326 e. The number of rotatable bonds is 7. The Morgan fingerprint density at radius 3 is 2.89 bits per heavy atom. The number of halogens is 1. The second-order valence-electron chi connectivity index (χ2n) is 4.83. The quantitative estimate of drug-likeness (QED) is 0.724. The van der Waals surface area contributed by atoms with Gasteiger partial charge in [0.2, 0.25) is 0 Å². The summed E-state index contributed by atoms with van der Waals surface area (Å²) in [6.07, 6.45) is 6.54. The van der Waals surface area contributed by atoms with E-state index in [0.717, 1.165) is 29.4 Å². The number of hydrogen-bond donors (Lipinski definition) is 2. The fourth-order valence-corrected chi connectivity index (χ4v) is 2.70. The van der Waals surface area contributed by atoms with Gasteiger partial charge in [0.25, 0.3) is 0 Å². The number of hydrogen-bond acceptors (Lipinski definition) is 3. The van der Waals surface area contributed by atoms with E-state index >= 15 is 0 Å². The number of carboxylic acids is 1. The molecular formula is C12H18IN3O2. The van der Waals surface area contributed by atoms with E-state index in [0.29, 0.717) is 6.54 Å². The second kappa shape index (κ2) is 5.56. The van der Waals surface area contributed by atoms with Crippen molar-refractivity contribution in [2.75, 3.05) is 6.54 Å². The first-order chi connectivity index (χ1) is 8.58. The summed E-state index contributed by atoms with van der Waals surface area (Å²) in [5.41, 5.74) is -0.856. The summed E-state index contributed by atoms with van der Waals surface area (Å²) in [4.78, 5) is 11.7. The first kappa shape index (κ1) is 13.8. The summed E-state index contributed by atoms with van der Waals surface area (Å²) >= 11 is 2.18. The Morgan fingerprint density at radius 1 is 1.72 bits per heavy atom. The Balaban J connectivity index is 2.19. The van der Waals surface area contributed by atoms with Gasteiger partial charge in [0.1, 0.15) is 5.54 Å². The Kier molecular flexibility index (Phi) is 4.26. The van der Waals surface area contributed by atoms with Crippen LogP contribution in [0.5, 0.6) is 0 Å². The van der Waals surface area contributed by atoms with Crippen molar-refractivity contribution in [3.05, 3.63) is 16.0 Å². The predicted octanol–water partition coefficient (Wildman–Crippen LogP) is 1.72. The van der Waals surface area contributed by atoms with Gasteiger partial charge in [-0.05, 0) is 54.3 Å². The molecule has 1 unspecified atom stereocenters. The monoisotopic (exact) mass is 363 g/mol. The van der Waals surface area contributed by atoms with E-state index in [-0.39, 0.29) is 5.92 Å². The van der Waals surface area contributed by atoms with Crippen LogP contribution in [0.15, 0.2) is 12.4 Å². The summed E-state index contributed by atoms with van der Waals surface area (Å²) in [6, 6.07) is 0. The summed E-state index contributed by atoms with van der Waals surface area (Å²) in [6.45, 7) is 3.17. The molecule has 1 atom stereocenters. The minimum absolute atomic E-state index is 0.225. The van der Waals surface area contributed by atoms with E-state index in [2.05, 4.69) is 33.0 Å². The molecule has 0 spiro atoms. The van der Waals surface area contributed by atoms with Gasteiger partial charge in [-0.2, -0.15) is 5.10 Å². The zero-order chi connectivity index (χ0) is 13.2. The largest absolute Gasteiger partial charge is 0.480 e. The molecule has 1 aliphatic rings. The highest BCUT2D eigenvalue weighted by Gasteiger charge is 2.51. The van der Waals surface area contributed by atoms with Crippen molar-refractivity contribution >= 4 is 28.6 Å². The molecule has 1 aromatic heterocycles. The number of nitrogens with zero attached hydrogens (tertiary/aromatic N) is 2. The zero-order valence-electron chi connectivity index (χ0n) is 10.4. The topological polar surface area (TPSA) is 67.2 Å². The maximum Gasteiger partial charge on any atom is 0.326 e. The van der Waals surface area contributed by atoms with Crippen molar-refractivity contribution in [3.8, 4) is 0 Å². The first-order valence-corrected chi connectivity index (χ1v) is 7.32. The molecule has 0 radical (unpaired) electrons. The molecule has 2 N–H and O–H groups in total. The fourth-order valence-electron chi connectivity index (χ4n) is 2.25. The third kappa shape index (κ3) is 2.85. The standard InChI is InChI=1S/C12H18IN3O2/c1-2-5-14-12(11(17)18,9-3-4-9)8-16-7-10(13)6-15-16/h6-7,9,14H,2-5,8H2,1H3,(H,17,18). The number of carbonyl (C=O) groups is 1. The van der Waals surface area contributed by atoms with Crippen LogP contribution in [0.25, 0.3) is 0 Å². The lowest BCUT2D eigenvalue weighted by Gasteiger charge is -2.30. The first-order valence-electron chi connectivity index (χ1n) is 6.25. The third-order valence-corrected chi connectivity index (χ3v) is 3.92. The number of nitrogens with one attached hydrogen (secondary N) is 1. The highest BCUT2D eigenvalue weighted by atomic mass is 127. The van der Waals surface area contributed by atoms with Crippen molar-refractivity contribution in [1.82, 2.24) is 15.1 Å². The summed E-state index contributed by atoms with van der Waals surface area (Å²) in [5.74, 6) is -0.535. The summed E-state index contributed by atoms with van der Waals surface area (Å²) < 4.78 is 2.76. The van der Waals surface area contributed by atoms with Crippen LogP contribution in [0.1, 0.15) is 26.2 Å². The Bertz CT molecular complexity index is 431. The van der Waals surface area contributed by atoms with Gasteiger partial charge in [0, 0.05) is 6.20 Å². The molecule has 18 heavy (non-hydrogen) atoms. The van der Waals surface area contributed by atoms with Crippen molar-refractivity contribution in [2.45, 2.75) is 38.3 Å². The molecule has 1 saturated carbocycles. The lowest BCUT2D eigenvalue weighted by atomic mass is 9.93. The van der Waals surface area contributed by atoms with E-state index in [1.807, 2.05) is 13.1 Å². The van der Waals surface area contributed by atoms with E-state index in [4.69, 9.17) is 0 Å². The molecule has 0 amide bonds. The van der Waals surface area contributed by atoms with Crippen LogP contribution in [-0.4, -0.2) is 32.9 Å².